The van der Waals surface area contributed by atoms with Gasteiger partial charge in [-0.05, 0) is 23.8 Å². The molecule has 1 aromatic rings. The van der Waals surface area contributed by atoms with Crippen LogP contribution in [0.5, 0.6) is 11.5 Å². The molecule has 1 aromatic carbocycles. The SMILES string of the molecule is COc1ccc(C=C(O)[C@H](O)[C@@H](O)[C@H](O)[C@H](O)CO)cc1OC. The fraction of sp³-hybridized carbons (Fsp3) is 0.467. The van der Waals surface area contributed by atoms with Crippen LogP contribution in [0.3, 0.4) is 0 Å². The molecule has 130 valence electrons. The van der Waals surface area contributed by atoms with Gasteiger partial charge in [0.1, 0.15) is 30.2 Å². The van der Waals surface area contributed by atoms with Crippen LogP contribution in [0.2, 0.25) is 0 Å². The van der Waals surface area contributed by atoms with Gasteiger partial charge in [-0.2, -0.15) is 0 Å². The van der Waals surface area contributed by atoms with E-state index in [1.165, 1.54) is 20.3 Å². The second-order valence-electron chi connectivity index (χ2n) is 4.86. The second-order valence-corrected chi connectivity index (χ2v) is 4.86. The fourth-order valence-corrected chi connectivity index (χ4v) is 1.90. The molecule has 0 aromatic heterocycles. The molecule has 0 saturated heterocycles. The first-order valence-electron chi connectivity index (χ1n) is 6.81. The fourth-order valence-electron chi connectivity index (χ4n) is 1.90. The first kappa shape index (κ1) is 19.2. The third-order valence-corrected chi connectivity index (χ3v) is 3.28. The molecule has 8 heteroatoms. The summed E-state index contributed by atoms with van der Waals surface area (Å²) in [6, 6.07) is 4.70. The molecule has 0 heterocycles. The van der Waals surface area contributed by atoms with Gasteiger partial charge in [0.2, 0.25) is 0 Å². The van der Waals surface area contributed by atoms with E-state index in [1.807, 2.05) is 0 Å². The number of aliphatic hydroxyl groups excluding tert-OH is 6. The Morgan fingerprint density at radius 1 is 1.04 bits per heavy atom. The van der Waals surface area contributed by atoms with E-state index < -0.39 is 36.8 Å². The summed E-state index contributed by atoms with van der Waals surface area (Å²) < 4.78 is 10.2. The van der Waals surface area contributed by atoms with Crippen LogP contribution in [0.15, 0.2) is 24.0 Å². The Kier molecular flexibility index (Phi) is 7.27. The van der Waals surface area contributed by atoms with Crippen LogP contribution >= 0.6 is 0 Å². The van der Waals surface area contributed by atoms with E-state index in [4.69, 9.17) is 14.6 Å². The lowest BCUT2D eigenvalue weighted by atomic mass is 10.0. The third kappa shape index (κ3) is 4.81. The van der Waals surface area contributed by atoms with Gasteiger partial charge >= 0.3 is 0 Å². The molecule has 0 saturated carbocycles. The summed E-state index contributed by atoms with van der Waals surface area (Å²) in [5, 5.41) is 56.9. The van der Waals surface area contributed by atoms with Crippen molar-refractivity contribution in [2.24, 2.45) is 0 Å². The van der Waals surface area contributed by atoms with E-state index in [1.54, 1.807) is 12.1 Å². The molecule has 0 amide bonds. The maximum atomic E-state index is 9.86. The smallest absolute Gasteiger partial charge is 0.161 e. The van der Waals surface area contributed by atoms with Crippen LogP contribution in [-0.4, -0.2) is 75.9 Å². The maximum Gasteiger partial charge on any atom is 0.161 e. The van der Waals surface area contributed by atoms with E-state index in [0.717, 1.165) is 6.08 Å². The molecule has 0 unspecified atom stereocenters. The Labute approximate surface area is 133 Å². The van der Waals surface area contributed by atoms with E-state index in [9.17, 15) is 25.5 Å². The van der Waals surface area contributed by atoms with Crippen molar-refractivity contribution in [1.29, 1.82) is 0 Å². The molecule has 4 atom stereocenters. The number of benzene rings is 1. The Balaban J connectivity index is 2.94. The highest BCUT2D eigenvalue weighted by molar-refractivity contribution is 5.57. The summed E-state index contributed by atoms with van der Waals surface area (Å²) in [6.45, 7) is -0.800. The van der Waals surface area contributed by atoms with Crippen molar-refractivity contribution in [3.05, 3.63) is 29.5 Å². The van der Waals surface area contributed by atoms with Crippen molar-refractivity contribution in [2.75, 3.05) is 20.8 Å². The third-order valence-electron chi connectivity index (χ3n) is 3.28. The molecule has 0 bridgehead atoms. The molecule has 0 spiro atoms. The summed E-state index contributed by atoms with van der Waals surface area (Å²) in [5.74, 6) is 0.250. The van der Waals surface area contributed by atoms with Gasteiger partial charge in [0, 0.05) is 0 Å². The zero-order valence-electron chi connectivity index (χ0n) is 12.8. The Morgan fingerprint density at radius 3 is 2.17 bits per heavy atom. The monoisotopic (exact) mass is 330 g/mol. The Morgan fingerprint density at radius 2 is 1.65 bits per heavy atom. The lowest BCUT2D eigenvalue weighted by molar-refractivity contribution is -0.112. The summed E-state index contributed by atoms with van der Waals surface area (Å²) >= 11 is 0. The van der Waals surface area contributed by atoms with Crippen LogP contribution in [0, 0.1) is 0 Å². The Bertz CT molecular complexity index is 530. The molecule has 0 aliphatic carbocycles. The highest BCUT2D eigenvalue weighted by Crippen LogP contribution is 2.28. The summed E-state index contributed by atoms with van der Waals surface area (Å²) in [6.07, 6.45) is -6.04. The zero-order valence-corrected chi connectivity index (χ0v) is 12.8. The van der Waals surface area contributed by atoms with Crippen molar-refractivity contribution >= 4 is 6.08 Å². The Hall–Kier alpha value is -1.84. The average molecular weight is 330 g/mol. The number of aliphatic hydroxyl groups is 6. The van der Waals surface area contributed by atoms with Crippen LogP contribution in [0.25, 0.3) is 6.08 Å². The van der Waals surface area contributed by atoms with Crippen LogP contribution < -0.4 is 9.47 Å². The first-order chi connectivity index (χ1) is 10.8. The predicted octanol–water partition coefficient (Wildman–Crippen LogP) is -0.961. The van der Waals surface area contributed by atoms with E-state index in [2.05, 4.69) is 0 Å². The van der Waals surface area contributed by atoms with Gasteiger partial charge in [0.15, 0.2) is 11.5 Å². The minimum absolute atomic E-state index is 0.403. The average Bonchev–Trinajstić information content (AvgIpc) is 2.58. The van der Waals surface area contributed by atoms with E-state index in [0.29, 0.717) is 17.1 Å². The van der Waals surface area contributed by atoms with Crippen molar-refractivity contribution in [3.63, 3.8) is 0 Å². The minimum atomic E-state index is -1.88. The standard InChI is InChI=1S/C15H22O8/c1-22-11-4-3-8(6-12(11)23-2)5-9(17)13(19)15(21)14(20)10(18)7-16/h3-6,10,13-21H,7H2,1-2H3/t10-,13+,14-,15-/m1/s1. The molecular formula is C15H22O8. The zero-order chi connectivity index (χ0) is 17.6. The van der Waals surface area contributed by atoms with Crippen molar-refractivity contribution in [3.8, 4) is 11.5 Å². The number of ether oxygens (including phenoxy) is 2. The number of methoxy groups -OCH3 is 2. The minimum Gasteiger partial charge on any atom is -0.509 e. The maximum absolute atomic E-state index is 9.86. The van der Waals surface area contributed by atoms with E-state index in [-0.39, 0.29) is 0 Å². The molecule has 0 aliphatic rings. The van der Waals surface area contributed by atoms with Gasteiger partial charge < -0.3 is 40.1 Å². The van der Waals surface area contributed by atoms with Crippen LogP contribution in [0.4, 0.5) is 0 Å². The summed E-state index contributed by atoms with van der Waals surface area (Å²) in [5.41, 5.74) is 0.448. The molecule has 0 radical (unpaired) electrons. The molecule has 6 N–H and O–H groups in total. The molecular weight excluding hydrogens is 308 g/mol. The molecule has 23 heavy (non-hydrogen) atoms. The molecule has 8 nitrogen and oxygen atoms in total. The van der Waals surface area contributed by atoms with Gasteiger partial charge in [-0.1, -0.05) is 6.07 Å². The molecule has 0 fully saturated rings. The van der Waals surface area contributed by atoms with Crippen LogP contribution in [0.1, 0.15) is 5.56 Å². The van der Waals surface area contributed by atoms with Crippen molar-refractivity contribution in [1.82, 2.24) is 0 Å². The van der Waals surface area contributed by atoms with Crippen molar-refractivity contribution in [2.45, 2.75) is 24.4 Å². The highest BCUT2D eigenvalue weighted by atomic mass is 16.5. The predicted molar refractivity (Wildman–Crippen MR) is 81.3 cm³/mol. The van der Waals surface area contributed by atoms with E-state index >= 15 is 0 Å². The van der Waals surface area contributed by atoms with Gasteiger partial charge in [0.05, 0.1) is 20.8 Å². The van der Waals surface area contributed by atoms with Crippen LogP contribution in [-0.2, 0) is 0 Å². The lowest BCUT2D eigenvalue weighted by Crippen LogP contribution is -2.46. The van der Waals surface area contributed by atoms with Gasteiger partial charge in [-0.25, -0.2) is 0 Å². The number of hydrogen-bond donors (Lipinski definition) is 6. The van der Waals surface area contributed by atoms with Gasteiger partial charge in [-0.15, -0.1) is 0 Å². The summed E-state index contributed by atoms with van der Waals surface area (Å²) in [4.78, 5) is 0. The quantitative estimate of drug-likeness (QED) is 0.335. The largest absolute Gasteiger partial charge is 0.509 e. The van der Waals surface area contributed by atoms with Gasteiger partial charge in [0.25, 0.3) is 0 Å². The molecule has 0 aliphatic heterocycles. The number of hydrogen-bond acceptors (Lipinski definition) is 8. The van der Waals surface area contributed by atoms with Crippen molar-refractivity contribution < 1.29 is 40.1 Å². The number of rotatable bonds is 8. The topological polar surface area (TPSA) is 140 Å². The molecule has 1 rings (SSSR count). The highest BCUT2D eigenvalue weighted by Gasteiger charge is 2.32. The summed E-state index contributed by atoms with van der Waals surface area (Å²) in [7, 11) is 2.91. The van der Waals surface area contributed by atoms with Gasteiger partial charge in [-0.3, -0.25) is 0 Å². The first-order valence-corrected chi connectivity index (χ1v) is 6.81. The normalized spacial score (nSPS) is 17.3. The lowest BCUT2D eigenvalue weighted by Gasteiger charge is -2.25. The second kappa shape index (κ2) is 8.70.